The maximum absolute atomic E-state index is 9.41. The summed E-state index contributed by atoms with van der Waals surface area (Å²) in [5.74, 6) is 1.02. The second-order valence-electron chi connectivity index (χ2n) is 6.09. The van der Waals surface area contributed by atoms with E-state index in [9.17, 15) is 5.11 Å². The van der Waals surface area contributed by atoms with Gasteiger partial charge in [-0.15, -0.1) is 0 Å². The number of aromatic amines is 1. The third-order valence-electron chi connectivity index (χ3n) is 4.31. The highest BCUT2D eigenvalue weighted by molar-refractivity contribution is 9.10. The van der Waals surface area contributed by atoms with Crippen LogP contribution in [0.2, 0.25) is 0 Å². The molecule has 1 aliphatic heterocycles. The van der Waals surface area contributed by atoms with Gasteiger partial charge in [-0.1, -0.05) is 22.9 Å². The van der Waals surface area contributed by atoms with Gasteiger partial charge in [0.2, 0.25) is 0 Å². The van der Waals surface area contributed by atoms with Crippen LogP contribution in [0, 0.1) is 5.41 Å². The first kappa shape index (κ1) is 14.0. The lowest BCUT2D eigenvalue weighted by molar-refractivity contribution is 0.0548. The van der Waals surface area contributed by atoms with Crippen molar-refractivity contribution in [1.82, 2.24) is 14.9 Å². The highest BCUT2D eigenvalue weighted by Gasteiger charge is 2.29. The molecule has 0 saturated carbocycles. The summed E-state index contributed by atoms with van der Waals surface area (Å²) in [4.78, 5) is 10.4. The molecular formula is C15H20BrN3O. The maximum Gasteiger partial charge on any atom is 0.121 e. The first-order valence-electron chi connectivity index (χ1n) is 7.05. The van der Waals surface area contributed by atoms with Gasteiger partial charge in [0.25, 0.3) is 0 Å². The van der Waals surface area contributed by atoms with Crippen molar-refractivity contribution in [2.45, 2.75) is 26.3 Å². The Morgan fingerprint density at radius 3 is 2.85 bits per heavy atom. The minimum absolute atomic E-state index is 0.106. The van der Waals surface area contributed by atoms with Crippen LogP contribution >= 0.6 is 15.9 Å². The van der Waals surface area contributed by atoms with Gasteiger partial charge in [-0.2, -0.15) is 0 Å². The summed E-state index contributed by atoms with van der Waals surface area (Å²) in [5.41, 5.74) is 2.20. The van der Waals surface area contributed by atoms with Crippen LogP contribution in [0.15, 0.2) is 22.7 Å². The number of nitrogens with one attached hydrogen (secondary N) is 1. The van der Waals surface area contributed by atoms with E-state index < -0.39 is 0 Å². The fourth-order valence-electron chi connectivity index (χ4n) is 2.73. The molecule has 5 heteroatoms. The number of H-pyrrole nitrogens is 1. The summed E-state index contributed by atoms with van der Waals surface area (Å²) in [7, 11) is 0. The maximum atomic E-state index is 9.41. The Hall–Kier alpha value is -0.910. The highest BCUT2D eigenvalue weighted by Crippen LogP contribution is 2.30. The SMILES string of the molecule is CC1(CO)CCN(Cc2nc3ccc(Br)cc3[nH]2)CC1. The zero-order valence-electron chi connectivity index (χ0n) is 11.7. The number of aliphatic hydroxyl groups is 1. The molecule has 0 unspecified atom stereocenters. The number of benzene rings is 1. The minimum atomic E-state index is 0.106. The first-order chi connectivity index (χ1) is 9.58. The van der Waals surface area contributed by atoms with E-state index in [2.05, 4.69) is 43.8 Å². The number of aromatic nitrogens is 2. The Labute approximate surface area is 127 Å². The lowest BCUT2D eigenvalue weighted by Crippen LogP contribution is -2.40. The largest absolute Gasteiger partial charge is 0.396 e. The number of aliphatic hydroxyl groups excluding tert-OH is 1. The van der Waals surface area contributed by atoms with E-state index in [-0.39, 0.29) is 5.41 Å². The van der Waals surface area contributed by atoms with E-state index in [1.807, 2.05) is 12.1 Å². The fourth-order valence-corrected chi connectivity index (χ4v) is 3.09. The number of likely N-dealkylation sites (tertiary alicyclic amines) is 1. The first-order valence-corrected chi connectivity index (χ1v) is 7.85. The van der Waals surface area contributed by atoms with E-state index in [1.54, 1.807) is 0 Å². The predicted octanol–water partition coefficient (Wildman–Crippen LogP) is 2.92. The molecule has 2 heterocycles. The highest BCUT2D eigenvalue weighted by atomic mass is 79.9. The van der Waals surface area contributed by atoms with Gasteiger partial charge in [-0.05, 0) is 49.5 Å². The molecule has 108 valence electrons. The third kappa shape index (κ3) is 2.90. The Morgan fingerprint density at radius 2 is 2.15 bits per heavy atom. The molecule has 4 nitrogen and oxygen atoms in total. The average molecular weight is 338 g/mol. The summed E-state index contributed by atoms with van der Waals surface area (Å²) >= 11 is 3.48. The Bertz CT molecular complexity index is 602. The van der Waals surface area contributed by atoms with E-state index in [0.717, 1.165) is 53.8 Å². The van der Waals surface area contributed by atoms with Crippen LogP contribution < -0.4 is 0 Å². The van der Waals surface area contributed by atoms with Crippen molar-refractivity contribution in [3.8, 4) is 0 Å². The van der Waals surface area contributed by atoms with Crippen LogP contribution in [0.1, 0.15) is 25.6 Å². The molecule has 2 N–H and O–H groups in total. The molecule has 1 aromatic heterocycles. The summed E-state index contributed by atoms with van der Waals surface area (Å²) in [6.45, 7) is 5.37. The minimum Gasteiger partial charge on any atom is -0.396 e. The molecule has 0 amide bonds. The standard InChI is InChI=1S/C15H20BrN3O/c1-15(10-20)4-6-19(7-5-15)9-14-17-12-3-2-11(16)8-13(12)18-14/h2-3,8,20H,4-7,9-10H2,1H3,(H,17,18). The Balaban J connectivity index is 1.68. The van der Waals surface area contributed by atoms with Crippen LogP contribution in [0.25, 0.3) is 11.0 Å². The molecule has 0 radical (unpaired) electrons. The zero-order valence-corrected chi connectivity index (χ0v) is 13.3. The van der Waals surface area contributed by atoms with Crippen LogP contribution in [-0.2, 0) is 6.54 Å². The number of nitrogens with zero attached hydrogens (tertiary/aromatic N) is 2. The number of imidazole rings is 1. The molecule has 1 saturated heterocycles. The van der Waals surface area contributed by atoms with Crippen LogP contribution in [0.3, 0.4) is 0 Å². The van der Waals surface area contributed by atoms with Gasteiger partial charge in [0, 0.05) is 11.1 Å². The second-order valence-corrected chi connectivity index (χ2v) is 7.01. The predicted molar refractivity (Wildman–Crippen MR) is 83.5 cm³/mol. The number of hydrogen-bond donors (Lipinski definition) is 2. The van der Waals surface area contributed by atoms with Gasteiger partial charge in [0.05, 0.1) is 17.6 Å². The number of hydrogen-bond acceptors (Lipinski definition) is 3. The van der Waals surface area contributed by atoms with Gasteiger partial charge in [-0.3, -0.25) is 4.90 Å². The van der Waals surface area contributed by atoms with Gasteiger partial charge in [0.15, 0.2) is 0 Å². The molecular weight excluding hydrogens is 318 g/mol. The third-order valence-corrected chi connectivity index (χ3v) is 4.80. The molecule has 1 aliphatic rings. The zero-order chi connectivity index (χ0) is 14.2. The van der Waals surface area contributed by atoms with Crippen molar-refractivity contribution in [1.29, 1.82) is 0 Å². The molecule has 0 atom stereocenters. The lowest BCUT2D eigenvalue weighted by Gasteiger charge is -2.37. The summed E-state index contributed by atoms with van der Waals surface area (Å²) in [6.07, 6.45) is 2.10. The number of rotatable bonds is 3. The topological polar surface area (TPSA) is 52.1 Å². The van der Waals surface area contributed by atoms with E-state index >= 15 is 0 Å². The monoisotopic (exact) mass is 337 g/mol. The Morgan fingerprint density at radius 1 is 1.40 bits per heavy atom. The average Bonchev–Trinajstić information content (AvgIpc) is 2.83. The number of halogens is 1. The van der Waals surface area contributed by atoms with Crippen molar-refractivity contribution < 1.29 is 5.11 Å². The summed E-state index contributed by atoms with van der Waals surface area (Å²) < 4.78 is 1.07. The molecule has 20 heavy (non-hydrogen) atoms. The number of fused-ring (bicyclic) bond motifs is 1. The quantitative estimate of drug-likeness (QED) is 0.905. The smallest absolute Gasteiger partial charge is 0.121 e. The van der Waals surface area contributed by atoms with E-state index in [0.29, 0.717) is 6.61 Å². The molecule has 3 rings (SSSR count). The summed E-state index contributed by atoms with van der Waals surface area (Å²) in [6, 6.07) is 6.10. The van der Waals surface area contributed by atoms with Crippen molar-refractivity contribution in [3.05, 3.63) is 28.5 Å². The molecule has 0 bridgehead atoms. The number of piperidine rings is 1. The van der Waals surface area contributed by atoms with E-state index in [1.165, 1.54) is 0 Å². The van der Waals surface area contributed by atoms with E-state index in [4.69, 9.17) is 0 Å². The van der Waals surface area contributed by atoms with Crippen molar-refractivity contribution >= 4 is 27.0 Å². The van der Waals surface area contributed by atoms with Gasteiger partial charge in [0.1, 0.15) is 5.82 Å². The van der Waals surface area contributed by atoms with Gasteiger partial charge >= 0.3 is 0 Å². The van der Waals surface area contributed by atoms with Crippen molar-refractivity contribution in [2.24, 2.45) is 5.41 Å². The molecule has 2 aromatic rings. The van der Waals surface area contributed by atoms with Gasteiger partial charge < -0.3 is 10.1 Å². The second kappa shape index (κ2) is 5.47. The fraction of sp³-hybridized carbons (Fsp3) is 0.533. The Kier molecular flexibility index (Phi) is 3.84. The molecule has 0 aliphatic carbocycles. The van der Waals surface area contributed by atoms with Gasteiger partial charge in [-0.25, -0.2) is 4.98 Å². The van der Waals surface area contributed by atoms with Crippen LogP contribution in [0.4, 0.5) is 0 Å². The molecule has 1 fully saturated rings. The van der Waals surface area contributed by atoms with Crippen molar-refractivity contribution in [3.63, 3.8) is 0 Å². The van der Waals surface area contributed by atoms with Crippen LogP contribution in [0.5, 0.6) is 0 Å². The summed E-state index contributed by atoms with van der Waals surface area (Å²) in [5, 5.41) is 9.41. The van der Waals surface area contributed by atoms with Crippen LogP contribution in [-0.4, -0.2) is 39.7 Å². The normalized spacial score (nSPS) is 19.6. The lowest BCUT2D eigenvalue weighted by atomic mass is 9.81. The molecule has 0 spiro atoms. The molecule has 1 aromatic carbocycles. The van der Waals surface area contributed by atoms with Crippen molar-refractivity contribution in [2.75, 3.05) is 19.7 Å².